The molecule has 0 spiro atoms. The molecule has 2 rings (SSSR count). The van der Waals surface area contributed by atoms with E-state index in [9.17, 15) is 14.9 Å². The second kappa shape index (κ2) is 5.57. The van der Waals surface area contributed by atoms with Gasteiger partial charge in [0.2, 0.25) is 5.91 Å². The summed E-state index contributed by atoms with van der Waals surface area (Å²) in [6, 6.07) is 6.24. The molecule has 1 aromatic heterocycles. The van der Waals surface area contributed by atoms with Crippen molar-refractivity contribution in [1.29, 1.82) is 0 Å². The molecule has 0 aliphatic heterocycles. The minimum absolute atomic E-state index is 0.0182. The van der Waals surface area contributed by atoms with Crippen LogP contribution in [0.15, 0.2) is 29.6 Å². The Labute approximate surface area is 113 Å². The molecular weight excluding hydrogens is 266 g/mol. The molecule has 1 N–H and O–H groups in total. The molecule has 1 heterocycles. The molecule has 98 valence electrons. The predicted octanol–water partition coefficient (Wildman–Crippen LogP) is 3.07. The number of thiazole rings is 1. The molecule has 0 saturated carbocycles. The van der Waals surface area contributed by atoms with E-state index in [0.29, 0.717) is 22.8 Å². The Morgan fingerprint density at radius 2 is 2.32 bits per heavy atom. The third-order valence-electron chi connectivity index (χ3n) is 2.42. The molecule has 19 heavy (non-hydrogen) atoms. The first-order chi connectivity index (χ1) is 9.10. The number of nitro groups is 1. The molecule has 1 amide bonds. The van der Waals surface area contributed by atoms with Crippen LogP contribution in [0.2, 0.25) is 0 Å². The summed E-state index contributed by atoms with van der Waals surface area (Å²) in [5.74, 6) is -0.111. The van der Waals surface area contributed by atoms with Gasteiger partial charge in [0.15, 0.2) is 5.13 Å². The number of anilines is 1. The number of hydrogen-bond donors (Lipinski definition) is 1. The highest BCUT2D eigenvalue weighted by molar-refractivity contribution is 7.14. The van der Waals surface area contributed by atoms with Crippen molar-refractivity contribution in [1.82, 2.24) is 4.98 Å². The van der Waals surface area contributed by atoms with Gasteiger partial charge in [-0.1, -0.05) is 19.1 Å². The van der Waals surface area contributed by atoms with Gasteiger partial charge in [0.25, 0.3) is 5.69 Å². The van der Waals surface area contributed by atoms with Gasteiger partial charge in [0, 0.05) is 29.5 Å². The van der Waals surface area contributed by atoms with Gasteiger partial charge < -0.3 is 5.32 Å². The number of carbonyl (C=O) groups is 1. The predicted molar refractivity (Wildman–Crippen MR) is 73.1 cm³/mol. The van der Waals surface area contributed by atoms with E-state index >= 15 is 0 Å². The highest BCUT2D eigenvalue weighted by atomic mass is 32.1. The van der Waals surface area contributed by atoms with Crippen LogP contribution >= 0.6 is 11.3 Å². The quantitative estimate of drug-likeness (QED) is 0.687. The average molecular weight is 277 g/mol. The van der Waals surface area contributed by atoms with Gasteiger partial charge in [-0.2, -0.15) is 0 Å². The second-order valence-corrected chi connectivity index (χ2v) is 4.61. The van der Waals surface area contributed by atoms with Crippen LogP contribution in [-0.2, 0) is 4.79 Å². The first kappa shape index (κ1) is 13.2. The number of aromatic nitrogens is 1. The van der Waals surface area contributed by atoms with Crippen LogP contribution in [0.1, 0.15) is 13.3 Å². The van der Waals surface area contributed by atoms with Crippen molar-refractivity contribution in [2.45, 2.75) is 13.3 Å². The standard InChI is InChI=1S/C12H11N3O3S/c1-2-11(16)14-12-13-10(7-19-12)8-4-3-5-9(6-8)15(17)18/h3-7H,2H2,1H3,(H,13,14,16). The van der Waals surface area contributed by atoms with E-state index < -0.39 is 4.92 Å². The second-order valence-electron chi connectivity index (χ2n) is 3.75. The fraction of sp³-hybridized carbons (Fsp3) is 0.167. The Kier molecular flexibility index (Phi) is 3.86. The van der Waals surface area contributed by atoms with Crippen molar-refractivity contribution >= 4 is 28.1 Å². The zero-order valence-corrected chi connectivity index (χ0v) is 10.9. The summed E-state index contributed by atoms with van der Waals surface area (Å²) in [6.45, 7) is 1.75. The van der Waals surface area contributed by atoms with Crippen LogP contribution in [0.5, 0.6) is 0 Å². The van der Waals surface area contributed by atoms with Crippen LogP contribution in [0.3, 0.4) is 0 Å². The highest BCUT2D eigenvalue weighted by Crippen LogP contribution is 2.27. The van der Waals surface area contributed by atoms with Crippen molar-refractivity contribution in [2.24, 2.45) is 0 Å². The number of amides is 1. The lowest BCUT2D eigenvalue weighted by Crippen LogP contribution is -2.08. The minimum atomic E-state index is -0.449. The lowest BCUT2D eigenvalue weighted by atomic mass is 10.1. The van der Waals surface area contributed by atoms with Crippen LogP contribution in [0.25, 0.3) is 11.3 Å². The topological polar surface area (TPSA) is 85.1 Å². The first-order valence-electron chi connectivity index (χ1n) is 5.60. The molecule has 0 atom stereocenters. The number of nitro benzene ring substituents is 1. The SMILES string of the molecule is CCC(=O)Nc1nc(-c2cccc([N+](=O)[O-])c2)cs1. The lowest BCUT2D eigenvalue weighted by molar-refractivity contribution is -0.384. The van der Waals surface area contributed by atoms with E-state index in [1.807, 2.05) is 0 Å². The minimum Gasteiger partial charge on any atom is -0.302 e. The van der Waals surface area contributed by atoms with Gasteiger partial charge in [0.1, 0.15) is 0 Å². The number of nitrogens with one attached hydrogen (secondary N) is 1. The van der Waals surface area contributed by atoms with Gasteiger partial charge in [0.05, 0.1) is 10.6 Å². The van der Waals surface area contributed by atoms with Crippen molar-refractivity contribution in [2.75, 3.05) is 5.32 Å². The Balaban J connectivity index is 2.25. The molecule has 0 unspecified atom stereocenters. The van der Waals surface area contributed by atoms with E-state index in [2.05, 4.69) is 10.3 Å². The Morgan fingerprint density at radius 1 is 1.53 bits per heavy atom. The van der Waals surface area contributed by atoms with Gasteiger partial charge in [-0.25, -0.2) is 4.98 Å². The highest BCUT2D eigenvalue weighted by Gasteiger charge is 2.10. The number of hydrogen-bond acceptors (Lipinski definition) is 5. The molecule has 0 aliphatic carbocycles. The summed E-state index contributed by atoms with van der Waals surface area (Å²) in [5, 5.41) is 15.6. The summed E-state index contributed by atoms with van der Waals surface area (Å²) in [5.41, 5.74) is 1.28. The molecule has 0 saturated heterocycles. The zero-order chi connectivity index (χ0) is 13.8. The van der Waals surface area contributed by atoms with E-state index in [-0.39, 0.29) is 11.6 Å². The molecule has 1 aromatic carbocycles. The fourth-order valence-electron chi connectivity index (χ4n) is 1.45. The molecule has 0 radical (unpaired) electrons. The van der Waals surface area contributed by atoms with Gasteiger partial charge >= 0.3 is 0 Å². The Bertz CT molecular complexity index is 624. The average Bonchev–Trinajstić information content (AvgIpc) is 2.87. The molecule has 2 aromatic rings. The van der Waals surface area contributed by atoms with Crippen molar-refractivity contribution in [3.63, 3.8) is 0 Å². The third kappa shape index (κ3) is 3.14. The van der Waals surface area contributed by atoms with E-state index in [4.69, 9.17) is 0 Å². The molecule has 0 bridgehead atoms. The number of nitrogens with zero attached hydrogens (tertiary/aromatic N) is 2. The molecular formula is C12H11N3O3S. The van der Waals surface area contributed by atoms with Gasteiger partial charge in [-0.05, 0) is 0 Å². The summed E-state index contributed by atoms with van der Waals surface area (Å²) in [7, 11) is 0. The normalized spacial score (nSPS) is 10.2. The first-order valence-corrected chi connectivity index (χ1v) is 6.48. The molecule has 0 fully saturated rings. The maximum absolute atomic E-state index is 11.2. The smallest absolute Gasteiger partial charge is 0.270 e. The zero-order valence-electron chi connectivity index (χ0n) is 10.1. The van der Waals surface area contributed by atoms with E-state index in [1.54, 1.807) is 24.4 Å². The maximum atomic E-state index is 11.2. The van der Waals surface area contributed by atoms with Crippen LogP contribution < -0.4 is 5.32 Å². The van der Waals surface area contributed by atoms with E-state index in [1.165, 1.54) is 23.5 Å². The monoisotopic (exact) mass is 277 g/mol. The van der Waals surface area contributed by atoms with E-state index in [0.717, 1.165) is 0 Å². The largest absolute Gasteiger partial charge is 0.302 e. The molecule has 6 nitrogen and oxygen atoms in total. The van der Waals surface area contributed by atoms with Crippen molar-refractivity contribution in [3.05, 3.63) is 39.8 Å². The van der Waals surface area contributed by atoms with Gasteiger partial charge in [-0.15, -0.1) is 11.3 Å². The van der Waals surface area contributed by atoms with Crippen LogP contribution in [0.4, 0.5) is 10.8 Å². The molecule has 7 heteroatoms. The van der Waals surface area contributed by atoms with Gasteiger partial charge in [-0.3, -0.25) is 14.9 Å². The summed E-state index contributed by atoms with van der Waals surface area (Å²) >= 11 is 1.29. The van der Waals surface area contributed by atoms with Crippen LogP contribution in [0, 0.1) is 10.1 Å². The fourth-order valence-corrected chi connectivity index (χ4v) is 2.19. The molecule has 0 aliphatic rings. The summed E-state index contributed by atoms with van der Waals surface area (Å²) in [4.78, 5) is 25.7. The third-order valence-corrected chi connectivity index (χ3v) is 3.18. The maximum Gasteiger partial charge on any atom is 0.270 e. The Morgan fingerprint density at radius 3 is 3.00 bits per heavy atom. The number of carbonyl (C=O) groups excluding carboxylic acids is 1. The number of non-ortho nitro benzene ring substituents is 1. The van der Waals surface area contributed by atoms with Crippen LogP contribution in [-0.4, -0.2) is 15.8 Å². The number of benzene rings is 1. The summed E-state index contributed by atoms with van der Waals surface area (Å²) in [6.07, 6.45) is 0.381. The number of rotatable bonds is 4. The lowest BCUT2D eigenvalue weighted by Gasteiger charge is -1.98. The van der Waals surface area contributed by atoms with Crippen molar-refractivity contribution in [3.8, 4) is 11.3 Å². The van der Waals surface area contributed by atoms with Crippen molar-refractivity contribution < 1.29 is 9.72 Å². The Hall–Kier alpha value is -2.28. The summed E-state index contributed by atoms with van der Waals surface area (Å²) < 4.78 is 0.